The fraction of sp³-hybridized carbons (Fsp3) is 0.273. The van der Waals surface area contributed by atoms with Crippen LogP contribution < -0.4 is 0 Å². The van der Waals surface area contributed by atoms with Crippen LogP contribution in [-0.4, -0.2) is 0 Å². The molecule has 1 aliphatic carbocycles. The largest absolute Gasteiger partial charge is 0.0620 e. The molecule has 0 N–H and O–H groups in total. The van der Waals surface area contributed by atoms with Gasteiger partial charge >= 0.3 is 0 Å². The highest BCUT2D eigenvalue weighted by Gasteiger charge is 2.20. The molecule has 112 valence electrons. The Balaban J connectivity index is 2.04. The van der Waals surface area contributed by atoms with Gasteiger partial charge in [-0.1, -0.05) is 67.1 Å². The number of allylic oxidation sites excluding steroid dienone is 4. The molecule has 0 aromatic heterocycles. The summed E-state index contributed by atoms with van der Waals surface area (Å²) in [5.74, 6) is 0.556. The Morgan fingerprint density at radius 1 is 0.864 bits per heavy atom. The zero-order valence-corrected chi connectivity index (χ0v) is 14.0. The van der Waals surface area contributed by atoms with Crippen LogP contribution >= 0.6 is 0 Å². The highest BCUT2D eigenvalue weighted by molar-refractivity contribution is 5.82. The topological polar surface area (TPSA) is 0 Å². The number of hydrogen-bond donors (Lipinski definition) is 0. The van der Waals surface area contributed by atoms with Gasteiger partial charge in [0, 0.05) is 0 Å². The molecule has 3 rings (SSSR count). The van der Waals surface area contributed by atoms with Crippen LogP contribution in [0.1, 0.15) is 42.5 Å². The summed E-state index contributed by atoms with van der Waals surface area (Å²) >= 11 is 0. The van der Waals surface area contributed by atoms with Crippen molar-refractivity contribution in [1.82, 2.24) is 0 Å². The van der Waals surface area contributed by atoms with Crippen molar-refractivity contribution in [3.05, 3.63) is 82.4 Å². The summed E-state index contributed by atoms with van der Waals surface area (Å²) in [5, 5.41) is 0. The van der Waals surface area contributed by atoms with E-state index < -0.39 is 0 Å². The van der Waals surface area contributed by atoms with E-state index in [1.807, 2.05) is 0 Å². The normalized spacial score (nSPS) is 18.4. The molecule has 1 unspecified atom stereocenters. The summed E-state index contributed by atoms with van der Waals surface area (Å²) < 4.78 is 0. The van der Waals surface area contributed by atoms with Crippen molar-refractivity contribution in [2.45, 2.75) is 34.1 Å². The summed E-state index contributed by atoms with van der Waals surface area (Å²) in [6.45, 7) is 8.95. The molecule has 0 saturated carbocycles. The Bertz CT molecular complexity index is 742. The molecule has 0 spiro atoms. The molecule has 1 atom stereocenters. The Hall–Kier alpha value is -2.08. The van der Waals surface area contributed by atoms with E-state index in [2.05, 4.69) is 82.3 Å². The van der Waals surface area contributed by atoms with E-state index in [0.29, 0.717) is 5.92 Å². The van der Waals surface area contributed by atoms with Gasteiger partial charge in [0.05, 0.1) is 0 Å². The quantitative estimate of drug-likeness (QED) is 0.617. The summed E-state index contributed by atoms with van der Waals surface area (Å²) in [6, 6.07) is 17.6. The third-order valence-corrected chi connectivity index (χ3v) is 4.74. The highest BCUT2D eigenvalue weighted by atomic mass is 14.2. The average Bonchev–Trinajstić information content (AvgIpc) is 2.51. The van der Waals surface area contributed by atoms with Gasteiger partial charge in [-0.2, -0.15) is 0 Å². The first-order valence-corrected chi connectivity index (χ1v) is 8.10. The fourth-order valence-corrected chi connectivity index (χ4v) is 3.39. The van der Waals surface area contributed by atoms with Crippen molar-refractivity contribution in [1.29, 1.82) is 0 Å². The predicted octanol–water partition coefficient (Wildman–Crippen LogP) is 6.20. The monoisotopic (exact) mass is 288 g/mol. The maximum atomic E-state index is 2.39. The van der Waals surface area contributed by atoms with Crippen LogP contribution in [0.15, 0.2) is 60.2 Å². The Kier molecular flexibility index (Phi) is 4.02. The highest BCUT2D eigenvalue weighted by Crippen LogP contribution is 2.40. The lowest BCUT2D eigenvalue weighted by Gasteiger charge is -2.26. The van der Waals surface area contributed by atoms with Gasteiger partial charge in [-0.3, -0.25) is 0 Å². The summed E-state index contributed by atoms with van der Waals surface area (Å²) in [6.07, 6.45) is 3.51. The van der Waals surface area contributed by atoms with Crippen molar-refractivity contribution >= 4 is 11.1 Å². The van der Waals surface area contributed by atoms with Crippen molar-refractivity contribution in [3.63, 3.8) is 0 Å². The second-order valence-electron chi connectivity index (χ2n) is 6.55. The van der Waals surface area contributed by atoms with Crippen LogP contribution in [0.5, 0.6) is 0 Å². The molecule has 0 heteroatoms. The first-order valence-electron chi connectivity index (χ1n) is 8.10. The SMILES string of the molecule is CC1=C(c2ccccc2C)CC(C)C(c2ccc(C)cc2)=C1. The minimum atomic E-state index is 0.556. The molecular weight excluding hydrogens is 264 g/mol. The molecule has 2 aromatic rings. The standard InChI is InChI=1S/C22H24/c1-15-9-11-19(12-10-15)21-13-18(4)22(14-17(21)3)20-8-6-5-7-16(20)2/h5-13,17H,14H2,1-4H3. The third-order valence-electron chi connectivity index (χ3n) is 4.74. The van der Waals surface area contributed by atoms with E-state index in [9.17, 15) is 0 Å². The van der Waals surface area contributed by atoms with E-state index in [0.717, 1.165) is 6.42 Å². The summed E-state index contributed by atoms with van der Waals surface area (Å²) in [5.41, 5.74) is 9.84. The molecule has 0 amide bonds. The minimum absolute atomic E-state index is 0.556. The van der Waals surface area contributed by atoms with Crippen LogP contribution in [0, 0.1) is 19.8 Å². The van der Waals surface area contributed by atoms with Crippen molar-refractivity contribution in [3.8, 4) is 0 Å². The molecule has 22 heavy (non-hydrogen) atoms. The van der Waals surface area contributed by atoms with Crippen LogP contribution in [0.2, 0.25) is 0 Å². The lowest BCUT2D eigenvalue weighted by molar-refractivity contribution is 0.765. The van der Waals surface area contributed by atoms with Crippen LogP contribution in [0.25, 0.3) is 11.1 Å². The van der Waals surface area contributed by atoms with Gasteiger partial charge in [-0.25, -0.2) is 0 Å². The van der Waals surface area contributed by atoms with Gasteiger partial charge in [-0.05, 0) is 66.5 Å². The Labute approximate surface area is 134 Å². The predicted molar refractivity (Wildman–Crippen MR) is 96.7 cm³/mol. The molecule has 0 nitrogen and oxygen atoms in total. The number of aryl methyl sites for hydroxylation is 2. The van der Waals surface area contributed by atoms with Crippen LogP contribution in [-0.2, 0) is 0 Å². The van der Waals surface area contributed by atoms with E-state index in [1.165, 1.54) is 39.0 Å². The number of hydrogen-bond acceptors (Lipinski definition) is 0. The van der Waals surface area contributed by atoms with Crippen LogP contribution in [0.3, 0.4) is 0 Å². The summed E-state index contributed by atoms with van der Waals surface area (Å²) in [4.78, 5) is 0. The van der Waals surface area contributed by atoms with E-state index >= 15 is 0 Å². The van der Waals surface area contributed by atoms with Gasteiger partial charge in [0.1, 0.15) is 0 Å². The molecule has 2 aromatic carbocycles. The Morgan fingerprint density at radius 3 is 2.23 bits per heavy atom. The van der Waals surface area contributed by atoms with E-state index in [1.54, 1.807) is 0 Å². The second kappa shape index (κ2) is 5.96. The summed E-state index contributed by atoms with van der Waals surface area (Å²) in [7, 11) is 0. The van der Waals surface area contributed by atoms with Gasteiger partial charge in [0.15, 0.2) is 0 Å². The van der Waals surface area contributed by atoms with Crippen molar-refractivity contribution in [2.75, 3.05) is 0 Å². The van der Waals surface area contributed by atoms with Gasteiger partial charge in [0.2, 0.25) is 0 Å². The lowest BCUT2D eigenvalue weighted by Crippen LogP contribution is -2.07. The second-order valence-corrected chi connectivity index (χ2v) is 6.55. The van der Waals surface area contributed by atoms with Crippen LogP contribution in [0.4, 0.5) is 0 Å². The number of benzene rings is 2. The number of rotatable bonds is 2. The Morgan fingerprint density at radius 2 is 1.55 bits per heavy atom. The lowest BCUT2D eigenvalue weighted by atomic mass is 9.79. The van der Waals surface area contributed by atoms with Gasteiger partial charge in [-0.15, -0.1) is 0 Å². The van der Waals surface area contributed by atoms with E-state index in [-0.39, 0.29) is 0 Å². The molecule has 1 aliphatic rings. The van der Waals surface area contributed by atoms with Gasteiger partial charge in [0.25, 0.3) is 0 Å². The van der Waals surface area contributed by atoms with Gasteiger partial charge < -0.3 is 0 Å². The first kappa shape index (κ1) is 14.8. The molecule has 0 fully saturated rings. The average molecular weight is 288 g/mol. The smallest absolute Gasteiger partial charge is 0.0144 e. The zero-order valence-electron chi connectivity index (χ0n) is 14.0. The molecular formula is C22H24. The molecule has 0 radical (unpaired) electrons. The molecule has 0 bridgehead atoms. The first-order chi connectivity index (χ1) is 10.6. The maximum Gasteiger partial charge on any atom is -0.0144 e. The van der Waals surface area contributed by atoms with Crippen molar-refractivity contribution in [2.24, 2.45) is 5.92 Å². The minimum Gasteiger partial charge on any atom is -0.0620 e. The third kappa shape index (κ3) is 2.78. The molecule has 0 saturated heterocycles. The maximum absolute atomic E-state index is 2.39. The fourth-order valence-electron chi connectivity index (χ4n) is 3.39. The molecule has 0 aliphatic heterocycles. The zero-order chi connectivity index (χ0) is 15.7. The molecule has 0 heterocycles. The van der Waals surface area contributed by atoms with E-state index in [4.69, 9.17) is 0 Å². The van der Waals surface area contributed by atoms with Crippen molar-refractivity contribution < 1.29 is 0 Å².